The number of anilines is 2. The second-order valence-electron chi connectivity index (χ2n) is 5.43. The Kier molecular flexibility index (Phi) is 3.74. The SMILES string of the molecule is CC(=O)c1cccc(F)c1N1CCCCc2ccccc21. The smallest absolute Gasteiger partial charge is 0.162 e. The molecule has 3 heteroatoms. The molecule has 0 N–H and O–H groups in total. The van der Waals surface area contributed by atoms with Crippen molar-refractivity contribution in [3.63, 3.8) is 0 Å². The third-order valence-electron chi connectivity index (χ3n) is 4.00. The van der Waals surface area contributed by atoms with Gasteiger partial charge in [-0.3, -0.25) is 4.79 Å². The van der Waals surface area contributed by atoms with Crippen molar-refractivity contribution < 1.29 is 9.18 Å². The van der Waals surface area contributed by atoms with Crippen LogP contribution in [0, 0.1) is 5.82 Å². The molecule has 1 aliphatic rings. The van der Waals surface area contributed by atoms with E-state index in [0.29, 0.717) is 11.3 Å². The fourth-order valence-corrected chi connectivity index (χ4v) is 3.00. The first-order valence-electron chi connectivity index (χ1n) is 7.33. The normalized spacial score (nSPS) is 14.5. The average Bonchev–Trinajstić information content (AvgIpc) is 2.69. The lowest BCUT2D eigenvalue weighted by Gasteiger charge is -2.27. The average molecular weight is 283 g/mol. The summed E-state index contributed by atoms with van der Waals surface area (Å²) in [6.07, 6.45) is 3.06. The molecule has 0 bridgehead atoms. The highest BCUT2D eigenvalue weighted by Crippen LogP contribution is 2.36. The summed E-state index contributed by atoms with van der Waals surface area (Å²) in [7, 11) is 0. The van der Waals surface area contributed by atoms with Gasteiger partial charge in [-0.2, -0.15) is 0 Å². The van der Waals surface area contributed by atoms with Gasteiger partial charge in [0.15, 0.2) is 5.78 Å². The van der Waals surface area contributed by atoms with E-state index in [0.717, 1.165) is 31.5 Å². The summed E-state index contributed by atoms with van der Waals surface area (Å²) < 4.78 is 14.4. The molecule has 0 saturated heterocycles. The first kappa shape index (κ1) is 13.8. The molecule has 0 atom stereocenters. The highest BCUT2D eigenvalue weighted by Gasteiger charge is 2.23. The molecule has 1 heterocycles. The van der Waals surface area contributed by atoms with Crippen LogP contribution in [-0.4, -0.2) is 12.3 Å². The molecule has 0 aromatic heterocycles. The number of fused-ring (bicyclic) bond motifs is 1. The number of carbonyl (C=O) groups is 1. The van der Waals surface area contributed by atoms with Gasteiger partial charge in [-0.25, -0.2) is 4.39 Å². The van der Waals surface area contributed by atoms with Gasteiger partial charge in [0.1, 0.15) is 5.82 Å². The molecule has 0 radical (unpaired) electrons. The van der Waals surface area contributed by atoms with Crippen LogP contribution in [0.1, 0.15) is 35.7 Å². The molecule has 2 nitrogen and oxygen atoms in total. The number of benzene rings is 2. The maximum absolute atomic E-state index is 14.4. The van der Waals surface area contributed by atoms with Crippen LogP contribution in [0.2, 0.25) is 0 Å². The van der Waals surface area contributed by atoms with Crippen molar-refractivity contribution in [3.8, 4) is 0 Å². The van der Waals surface area contributed by atoms with Crippen molar-refractivity contribution in [1.29, 1.82) is 0 Å². The van der Waals surface area contributed by atoms with Crippen molar-refractivity contribution in [1.82, 2.24) is 0 Å². The number of aryl methyl sites for hydroxylation is 1. The summed E-state index contributed by atoms with van der Waals surface area (Å²) in [5, 5.41) is 0. The topological polar surface area (TPSA) is 20.3 Å². The van der Waals surface area contributed by atoms with E-state index in [-0.39, 0.29) is 11.6 Å². The molecule has 0 fully saturated rings. The number of carbonyl (C=O) groups excluding carboxylic acids is 1. The number of hydrogen-bond donors (Lipinski definition) is 0. The predicted octanol–water partition coefficient (Wildman–Crippen LogP) is 4.50. The minimum Gasteiger partial charge on any atom is -0.338 e. The van der Waals surface area contributed by atoms with Crippen molar-refractivity contribution >= 4 is 17.2 Å². The Bertz CT molecular complexity index is 681. The Hall–Kier alpha value is -2.16. The Morgan fingerprint density at radius 2 is 1.90 bits per heavy atom. The lowest BCUT2D eigenvalue weighted by Crippen LogP contribution is -2.21. The summed E-state index contributed by atoms with van der Waals surface area (Å²) in [6, 6.07) is 12.8. The summed E-state index contributed by atoms with van der Waals surface area (Å²) in [6.45, 7) is 2.22. The molecule has 2 aromatic rings. The monoisotopic (exact) mass is 283 g/mol. The van der Waals surface area contributed by atoms with E-state index in [1.807, 2.05) is 23.1 Å². The zero-order chi connectivity index (χ0) is 14.8. The standard InChI is InChI=1S/C18H18FNO/c1-13(21)15-9-6-10-16(19)18(15)20-12-5-4-8-14-7-2-3-11-17(14)20/h2-3,6-7,9-11H,4-5,8,12H2,1H3. The van der Waals surface area contributed by atoms with Gasteiger partial charge in [-0.05, 0) is 49.9 Å². The molecule has 0 amide bonds. The first-order valence-corrected chi connectivity index (χ1v) is 7.33. The van der Waals surface area contributed by atoms with Gasteiger partial charge >= 0.3 is 0 Å². The molecule has 108 valence electrons. The Balaban J connectivity index is 2.19. The number of hydrogen-bond acceptors (Lipinski definition) is 2. The largest absolute Gasteiger partial charge is 0.338 e. The maximum Gasteiger partial charge on any atom is 0.162 e. The quantitative estimate of drug-likeness (QED) is 0.756. The fraction of sp³-hybridized carbons (Fsp3) is 0.278. The third kappa shape index (κ3) is 2.56. The second kappa shape index (κ2) is 5.68. The van der Waals surface area contributed by atoms with E-state index < -0.39 is 0 Å². The molecule has 0 spiro atoms. The van der Waals surface area contributed by atoms with Crippen LogP contribution >= 0.6 is 0 Å². The highest BCUT2D eigenvalue weighted by atomic mass is 19.1. The molecule has 0 saturated carbocycles. The lowest BCUT2D eigenvalue weighted by atomic mass is 10.1. The second-order valence-corrected chi connectivity index (χ2v) is 5.43. The van der Waals surface area contributed by atoms with Crippen molar-refractivity contribution in [2.75, 3.05) is 11.4 Å². The summed E-state index contributed by atoms with van der Waals surface area (Å²) in [4.78, 5) is 13.8. The van der Waals surface area contributed by atoms with E-state index in [9.17, 15) is 9.18 Å². The van der Waals surface area contributed by atoms with Crippen LogP contribution in [0.25, 0.3) is 0 Å². The van der Waals surface area contributed by atoms with Crippen LogP contribution in [0.3, 0.4) is 0 Å². The minimum absolute atomic E-state index is 0.105. The Labute approximate surface area is 124 Å². The van der Waals surface area contributed by atoms with Crippen molar-refractivity contribution in [2.24, 2.45) is 0 Å². The number of para-hydroxylation sites is 2. The van der Waals surface area contributed by atoms with E-state index in [1.165, 1.54) is 18.6 Å². The van der Waals surface area contributed by atoms with Gasteiger partial charge in [-0.1, -0.05) is 24.3 Å². The van der Waals surface area contributed by atoms with E-state index in [4.69, 9.17) is 0 Å². The van der Waals surface area contributed by atoms with Gasteiger partial charge in [0.05, 0.1) is 5.69 Å². The summed E-state index contributed by atoms with van der Waals surface area (Å²) in [5.74, 6) is -0.439. The summed E-state index contributed by atoms with van der Waals surface area (Å²) >= 11 is 0. The van der Waals surface area contributed by atoms with E-state index in [2.05, 4.69) is 6.07 Å². The molecular weight excluding hydrogens is 265 g/mol. The number of halogens is 1. The van der Waals surface area contributed by atoms with E-state index >= 15 is 0 Å². The zero-order valence-electron chi connectivity index (χ0n) is 12.1. The Morgan fingerprint density at radius 1 is 1.10 bits per heavy atom. The van der Waals surface area contributed by atoms with Gasteiger partial charge < -0.3 is 4.90 Å². The molecule has 2 aromatic carbocycles. The fourth-order valence-electron chi connectivity index (χ4n) is 3.00. The summed E-state index contributed by atoms with van der Waals surface area (Å²) in [5.41, 5.74) is 3.10. The van der Waals surface area contributed by atoms with Crippen LogP contribution < -0.4 is 4.90 Å². The number of Topliss-reactive ketones (excluding diaryl/α,β-unsaturated/α-hetero) is 1. The lowest BCUT2D eigenvalue weighted by molar-refractivity contribution is 0.101. The Morgan fingerprint density at radius 3 is 2.71 bits per heavy atom. The number of nitrogens with zero attached hydrogens (tertiary/aromatic N) is 1. The first-order chi connectivity index (χ1) is 10.2. The van der Waals surface area contributed by atoms with Crippen molar-refractivity contribution in [3.05, 3.63) is 59.4 Å². The van der Waals surface area contributed by atoms with Crippen LogP contribution in [0.5, 0.6) is 0 Å². The van der Waals surface area contributed by atoms with Crippen molar-refractivity contribution in [2.45, 2.75) is 26.2 Å². The zero-order valence-corrected chi connectivity index (χ0v) is 12.1. The highest BCUT2D eigenvalue weighted by molar-refractivity contribution is 6.00. The van der Waals surface area contributed by atoms with Gasteiger partial charge in [0.25, 0.3) is 0 Å². The molecular formula is C18H18FNO. The van der Waals surface area contributed by atoms with Crippen LogP contribution in [0.15, 0.2) is 42.5 Å². The molecule has 0 aliphatic carbocycles. The molecule has 0 unspecified atom stereocenters. The maximum atomic E-state index is 14.4. The van der Waals surface area contributed by atoms with Gasteiger partial charge in [-0.15, -0.1) is 0 Å². The predicted molar refractivity (Wildman–Crippen MR) is 82.8 cm³/mol. The minimum atomic E-state index is -0.334. The van der Waals surface area contributed by atoms with E-state index in [1.54, 1.807) is 12.1 Å². The molecule has 3 rings (SSSR count). The molecule has 21 heavy (non-hydrogen) atoms. The molecule has 1 aliphatic heterocycles. The van der Waals surface area contributed by atoms with Crippen LogP contribution in [-0.2, 0) is 6.42 Å². The van der Waals surface area contributed by atoms with Gasteiger partial charge in [0, 0.05) is 17.8 Å². The number of rotatable bonds is 2. The van der Waals surface area contributed by atoms with Gasteiger partial charge in [0.2, 0.25) is 0 Å². The number of ketones is 1. The van der Waals surface area contributed by atoms with Crippen LogP contribution in [0.4, 0.5) is 15.8 Å². The third-order valence-corrected chi connectivity index (χ3v) is 4.00.